The highest BCUT2D eigenvalue weighted by Crippen LogP contribution is 2.51. The van der Waals surface area contributed by atoms with Crippen LogP contribution in [0.1, 0.15) is 25.3 Å². The number of hydrogen-bond donors (Lipinski definition) is 1. The summed E-state index contributed by atoms with van der Waals surface area (Å²) >= 11 is 6.25. The van der Waals surface area contributed by atoms with Crippen LogP contribution in [0.4, 0.5) is 5.69 Å². The Kier molecular flexibility index (Phi) is 2.55. The Morgan fingerprint density at radius 1 is 1.40 bits per heavy atom. The van der Waals surface area contributed by atoms with Gasteiger partial charge in [0.25, 0.3) is 0 Å². The van der Waals surface area contributed by atoms with Gasteiger partial charge in [0, 0.05) is 18.1 Å². The van der Waals surface area contributed by atoms with Gasteiger partial charge in [-0.25, -0.2) is 0 Å². The fraction of sp³-hybridized carbons (Fsp3) is 0.500. The summed E-state index contributed by atoms with van der Waals surface area (Å²) in [6.07, 6.45) is 2.45. The molecule has 1 N–H and O–H groups in total. The summed E-state index contributed by atoms with van der Waals surface area (Å²) in [6.45, 7) is 2.25. The Labute approximate surface area is 95.6 Å². The van der Waals surface area contributed by atoms with Gasteiger partial charge in [0.05, 0.1) is 12.8 Å². The molecule has 1 aliphatic carbocycles. The molecule has 0 atom stereocenters. The van der Waals surface area contributed by atoms with Crippen LogP contribution in [0, 0.1) is 0 Å². The van der Waals surface area contributed by atoms with Crippen molar-refractivity contribution in [2.45, 2.75) is 25.2 Å². The van der Waals surface area contributed by atoms with E-state index in [4.69, 9.17) is 16.3 Å². The topological polar surface area (TPSA) is 21.3 Å². The van der Waals surface area contributed by atoms with Crippen molar-refractivity contribution < 1.29 is 4.74 Å². The molecule has 1 fully saturated rings. The fourth-order valence-electron chi connectivity index (χ4n) is 1.84. The molecule has 3 heteroatoms. The first kappa shape index (κ1) is 10.6. The Bertz CT molecular complexity index is 385. The van der Waals surface area contributed by atoms with Crippen LogP contribution in [0.2, 0.25) is 5.02 Å². The minimum atomic E-state index is 0.287. The van der Waals surface area contributed by atoms with Gasteiger partial charge in [0.2, 0.25) is 0 Å². The fourth-order valence-corrected chi connectivity index (χ4v) is 2.22. The van der Waals surface area contributed by atoms with Crippen LogP contribution in [0.5, 0.6) is 5.75 Å². The quantitative estimate of drug-likeness (QED) is 0.851. The van der Waals surface area contributed by atoms with Gasteiger partial charge in [-0.15, -0.1) is 0 Å². The predicted octanol–water partition coefficient (Wildman–Crippen LogP) is 3.44. The maximum Gasteiger partial charge on any atom is 0.143 e. The highest BCUT2D eigenvalue weighted by atomic mass is 35.5. The molecule has 1 saturated carbocycles. The number of anilines is 1. The summed E-state index contributed by atoms with van der Waals surface area (Å²) in [7, 11) is 3.55. The lowest BCUT2D eigenvalue weighted by molar-refractivity contribution is 0.416. The van der Waals surface area contributed by atoms with Gasteiger partial charge in [0.15, 0.2) is 0 Å². The van der Waals surface area contributed by atoms with Gasteiger partial charge in [-0.1, -0.05) is 18.5 Å². The third-order valence-corrected chi connectivity index (χ3v) is 3.52. The zero-order valence-corrected chi connectivity index (χ0v) is 10.1. The Hall–Kier alpha value is -0.890. The molecular formula is C12H16ClNO. The Morgan fingerprint density at radius 3 is 2.53 bits per heavy atom. The molecule has 2 nitrogen and oxygen atoms in total. The first-order chi connectivity index (χ1) is 7.10. The van der Waals surface area contributed by atoms with Crippen LogP contribution in [-0.4, -0.2) is 14.2 Å². The molecule has 0 unspecified atom stereocenters. The van der Waals surface area contributed by atoms with Crippen molar-refractivity contribution in [2.24, 2.45) is 0 Å². The third-order valence-electron chi connectivity index (χ3n) is 3.21. The van der Waals surface area contributed by atoms with Gasteiger partial charge in [0.1, 0.15) is 5.75 Å². The highest BCUT2D eigenvalue weighted by molar-refractivity contribution is 6.31. The van der Waals surface area contributed by atoms with Gasteiger partial charge >= 0.3 is 0 Å². The molecule has 0 aromatic heterocycles. The molecular weight excluding hydrogens is 210 g/mol. The molecule has 0 amide bonds. The Balaban J connectivity index is 2.48. The number of hydrogen-bond acceptors (Lipinski definition) is 2. The molecule has 0 heterocycles. The summed E-state index contributed by atoms with van der Waals surface area (Å²) in [5.74, 6) is 0.801. The van der Waals surface area contributed by atoms with E-state index in [-0.39, 0.29) is 5.41 Å². The second-order valence-corrected chi connectivity index (χ2v) is 4.75. The summed E-state index contributed by atoms with van der Waals surface area (Å²) in [4.78, 5) is 0. The molecule has 0 aliphatic heterocycles. The summed E-state index contributed by atoms with van der Waals surface area (Å²) in [6, 6.07) is 4.00. The number of nitrogens with one attached hydrogen (secondary N) is 1. The third kappa shape index (κ3) is 1.78. The molecule has 0 radical (unpaired) electrons. The molecule has 1 aromatic carbocycles. The number of rotatable bonds is 3. The molecule has 1 aromatic rings. The largest absolute Gasteiger partial charge is 0.495 e. The molecule has 1 aliphatic rings. The second kappa shape index (κ2) is 3.60. The van der Waals surface area contributed by atoms with Crippen LogP contribution < -0.4 is 10.1 Å². The van der Waals surface area contributed by atoms with Crippen molar-refractivity contribution in [1.29, 1.82) is 0 Å². The zero-order valence-electron chi connectivity index (χ0n) is 9.36. The van der Waals surface area contributed by atoms with Gasteiger partial charge in [-0.2, -0.15) is 0 Å². The first-order valence-corrected chi connectivity index (χ1v) is 5.54. The Morgan fingerprint density at radius 2 is 2.07 bits per heavy atom. The van der Waals surface area contributed by atoms with Crippen molar-refractivity contribution in [3.05, 3.63) is 22.7 Å². The van der Waals surface area contributed by atoms with E-state index < -0.39 is 0 Å². The van der Waals surface area contributed by atoms with Crippen molar-refractivity contribution >= 4 is 17.3 Å². The average molecular weight is 226 g/mol. The monoisotopic (exact) mass is 225 g/mol. The molecule has 0 spiro atoms. The van der Waals surface area contributed by atoms with Crippen LogP contribution in [0.3, 0.4) is 0 Å². The van der Waals surface area contributed by atoms with E-state index in [0.29, 0.717) is 0 Å². The summed E-state index contributed by atoms with van der Waals surface area (Å²) < 4.78 is 5.26. The SMILES string of the molecule is CNc1cc(C2(C)CC2)c(Cl)cc1OC. The van der Waals surface area contributed by atoms with Crippen molar-refractivity contribution in [3.63, 3.8) is 0 Å². The van der Waals surface area contributed by atoms with E-state index in [1.807, 2.05) is 13.1 Å². The van der Waals surface area contributed by atoms with Crippen LogP contribution in [0.15, 0.2) is 12.1 Å². The number of methoxy groups -OCH3 is 1. The van der Waals surface area contributed by atoms with Crippen LogP contribution in [-0.2, 0) is 5.41 Å². The van der Waals surface area contributed by atoms with Crippen molar-refractivity contribution in [1.82, 2.24) is 0 Å². The highest BCUT2D eigenvalue weighted by Gasteiger charge is 2.40. The summed E-state index contributed by atoms with van der Waals surface area (Å²) in [5.41, 5.74) is 2.52. The second-order valence-electron chi connectivity index (χ2n) is 4.34. The molecule has 0 saturated heterocycles. The maximum absolute atomic E-state index is 6.25. The number of benzene rings is 1. The summed E-state index contributed by atoms with van der Waals surface area (Å²) in [5, 5.41) is 3.94. The van der Waals surface area contributed by atoms with E-state index in [0.717, 1.165) is 16.5 Å². The standard InChI is InChI=1S/C12H16ClNO/c1-12(4-5-12)8-6-10(14-2)11(15-3)7-9(8)13/h6-7,14H,4-5H2,1-3H3. The zero-order chi connectivity index (χ0) is 11.1. The molecule has 15 heavy (non-hydrogen) atoms. The van der Waals surface area contributed by atoms with Crippen LogP contribution in [0.25, 0.3) is 0 Å². The lowest BCUT2D eigenvalue weighted by atomic mass is 9.97. The lowest BCUT2D eigenvalue weighted by Crippen LogP contribution is -2.03. The molecule has 0 bridgehead atoms. The molecule has 2 rings (SSSR count). The van der Waals surface area contributed by atoms with Crippen molar-refractivity contribution in [2.75, 3.05) is 19.5 Å². The average Bonchev–Trinajstić information content (AvgIpc) is 2.96. The predicted molar refractivity (Wildman–Crippen MR) is 64.1 cm³/mol. The van der Waals surface area contributed by atoms with E-state index >= 15 is 0 Å². The van der Waals surface area contributed by atoms with Gasteiger partial charge in [-0.05, 0) is 29.9 Å². The van der Waals surface area contributed by atoms with Gasteiger partial charge < -0.3 is 10.1 Å². The van der Waals surface area contributed by atoms with E-state index in [2.05, 4.69) is 18.3 Å². The van der Waals surface area contributed by atoms with Crippen molar-refractivity contribution in [3.8, 4) is 5.75 Å². The lowest BCUT2D eigenvalue weighted by Gasteiger charge is -2.16. The number of halogens is 1. The first-order valence-electron chi connectivity index (χ1n) is 5.16. The smallest absolute Gasteiger partial charge is 0.143 e. The van der Waals surface area contributed by atoms with E-state index in [1.54, 1.807) is 7.11 Å². The van der Waals surface area contributed by atoms with E-state index in [9.17, 15) is 0 Å². The molecule has 82 valence electrons. The van der Waals surface area contributed by atoms with Crippen LogP contribution >= 0.6 is 11.6 Å². The minimum Gasteiger partial charge on any atom is -0.495 e. The number of ether oxygens (including phenoxy) is 1. The maximum atomic E-state index is 6.25. The minimum absolute atomic E-state index is 0.287. The van der Waals surface area contributed by atoms with E-state index in [1.165, 1.54) is 18.4 Å². The van der Waals surface area contributed by atoms with Gasteiger partial charge in [-0.3, -0.25) is 0 Å². The normalized spacial score (nSPS) is 17.3.